The van der Waals surface area contributed by atoms with Gasteiger partial charge in [-0.05, 0) is 27.1 Å². The van der Waals surface area contributed by atoms with Crippen LogP contribution in [0.5, 0.6) is 0 Å². The normalized spacial score (nSPS) is 33.8. The van der Waals surface area contributed by atoms with Crippen molar-refractivity contribution >= 4 is 0 Å². The van der Waals surface area contributed by atoms with Crippen LogP contribution in [-0.4, -0.2) is 75.4 Å². The van der Waals surface area contributed by atoms with Crippen molar-refractivity contribution in [3.05, 3.63) is 0 Å². The molecule has 4 nitrogen and oxygen atoms in total. The molecule has 0 bridgehead atoms. The zero-order valence-corrected chi connectivity index (χ0v) is 9.91. The third-order valence-corrected chi connectivity index (χ3v) is 3.45. The Kier molecular flexibility index (Phi) is 3.97. The number of ether oxygens (including phenoxy) is 1. The maximum absolute atomic E-state index is 5.47. The Morgan fingerprint density at radius 2 is 2.33 bits per heavy atom. The molecule has 2 saturated heterocycles. The summed E-state index contributed by atoms with van der Waals surface area (Å²) < 4.78 is 5.47. The van der Waals surface area contributed by atoms with Crippen molar-refractivity contribution in [3.8, 4) is 0 Å². The summed E-state index contributed by atoms with van der Waals surface area (Å²) in [7, 11) is 4.35. The Hall–Kier alpha value is -0.160. The molecule has 4 heteroatoms. The molecule has 2 unspecified atom stereocenters. The minimum Gasteiger partial charge on any atom is -0.378 e. The number of likely N-dealkylation sites (N-methyl/N-ethyl adjacent to an activating group) is 1. The van der Waals surface area contributed by atoms with E-state index in [4.69, 9.17) is 4.74 Å². The molecule has 0 aromatic carbocycles. The number of hydrogen-bond donors (Lipinski definition) is 1. The molecule has 2 aliphatic heterocycles. The van der Waals surface area contributed by atoms with Gasteiger partial charge in [-0.15, -0.1) is 0 Å². The van der Waals surface area contributed by atoms with E-state index in [9.17, 15) is 0 Å². The van der Waals surface area contributed by atoms with E-state index >= 15 is 0 Å². The SMILES string of the molecule is CN(C)C1CCN(CC2COCCN2)C1. The molecule has 15 heavy (non-hydrogen) atoms. The fourth-order valence-electron chi connectivity index (χ4n) is 2.45. The van der Waals surface area contributed by atoms with Crippen LogP contribution in [-0.2, 0) is 4.74 Å². The number of rotatable bonds is 3. The molecule has 2 rings (SSSR count). The second-order valence-corrected chi connectivity index (χ2v) is 4.89. The van der Waals surface area contributed by atoms with Gasteiger partial charge in [0, 0.05) is 31.7 Å². The van der Waals surface area contributed by atoms with Crippen LogP contribution in [0, 0.1) is 0 Å². The van der Waals surface area contributed by atoms with Gasteiger partial charge in [0.2, 0.25) is 0 Å². The topological polar surface area (TPSA) is 27.7 Å². The Bertz CT molecular complexity index is 192. The number of nitrogens with zero attached hydrogens (tertiary/aromatic N) is 2. The van der Waals surface area contributed by atoms with E-state index in [0.29, 0.717) is 6.04 Å². The lowest BCUT2D eigenvalue weighted by atomic mass is 10.2. The first-order valence-electron chi connectivity index (χ1n) is 5.95. The highest BCUT2D eigenvalue weighted by atomic mass is 16.5. The molecule has 1 N–H and O–H groups in total. The van der Waals surface area contributed by atoms with Crippen molar-refractivity contribution in [2.24, 2.45) is 0 Å². The van der Waals surface area contributed by atoms with Crippen LogP contribution >= 0.6 is 0 Å². The number of morpholine rings is 1. The predicted molar refractivity (Wildman–Crippen MR) is 61.1 cm³/mol. The average molecular weight is 213 g/mol. The minimum absolute atomic E-state index is 0.541. The largest absolute Gasteiger partial charge is 0.378 e. The summed E-state index contributed by atoms with van der Waals surface area (Å²) in [4.78, 5) is 4.89. The number of likely N-dealkylation sites (tertiary alicyclic amines) is 1. The molecular weight excluding hydrogens is 190 g/mol. The maximum atomic E-state index is 5.47. The lowest BCUT2D eigenvalue weighted by molar-refractivity contribution is 0.0643. The molecular formula is C11H23N3O. The first kappa shape index (κ1) is 11.3. The summed E-state index contributed by atoms with van der Waals surface area (Å²) in [5, 5.41) is 3.51. The summed E-state index contributed by atoms with van der Waals surface area (Å²) >= 11 is 0. The van der Waals surface area contributed by atoms with Crippen molar-refractivity contribution in [2.75, 3.05) is 53.5 Å². The molecule has 2 atom stereocenters. The van der Waals surface area contributed by atoms with Crippen molar-refractivity contribution < 1.29 is 4.74 Å². The van der Waals surface area contributed by atoms with Gasteiger partial charge in [-0.1, -0.05) is 0 Å². The van der Waals surface area contributed by atoms with Crippen LogP contribution in [0.25, 0.3) is 0 Å². The second kappa shape index (κ2) is 5.25. The second-order valence-electron chi connectivity index (χ2n) is 4.89. The van der Waals surface area contributed by atoms with E-state index in [1.54, 1.807) is 0 Å². The van der Waals surface area contributed by atoms with Gasteiger partial charge in [0.15, 0.2) is 0 Å². The highest BCUT2D eigenvalue weighted by molar-refractivity contribution is 4.84. The van der Waals surface area contributed by atoms with Gasteiger partial charge in [0.1, 0.15) is 0 Å². The summed E-state index contributed by atoms with van der Waals surface area (Å²) in [5.41, 5.74) is 0. The lowest BCUT2D eigenvalue weighted by Crippen LogP contribution is -2.48. The fourth-order valence-corrected chi connectivity index (χ4v) is 2.45. The van der Waals surface area contributed by atoms with Crippen LogP contribution in [0.15, 0.2) is 0 Å². The molecule has 88 valence electrons. The van der Waals surface area contributed by atoms with Crippen molar-refractivity contribution in [1.82, 2.24) is 15.1 Å². The van der Waals surface area contributed by atoms with Gasteiger partial charge >= 0.3 is 0 Å². The van der Waals surface area contributed by atoms with Crippen molar-refractivity contribution in [3.63, 3.8) is 0 Å². The molecule has 2 fully saturated rings. The highest BCUT2D eigenvalue weighted by Gasteiger charge is 2.26. The number of nitrogens with one attached hydrogen (secondary N) is 1. The summed E-state index contributed by atoms with van der Waals surface area (Å²) in [5.74, 6) is 0. The van der Waals surface area contributed by atoms with Gasteiger partial charge < -0.3 is 19.9 Å². The van der Waals surface area contributed by atoms with E-state index in [0.717, 1.165) is 32.3 Å². The van der Waals surface area contributed by atoms with Crippen molar-refractivity contribution in [2.45, 2.75) is 18.5 Å². The highest BCUT2D eigenvalue weighted by Crippen LogP contribution is 2.13. The Morgan fingerprint density at radius 1 is 1.47 bits per heavy atom. The predicted octanol–water partition coefficient (Wildman–Crippen LogP) is -0.389. The molecule has 2 heterocycles. The van der Waals surface area contributed by atoms with Crippen LogP contribution < -0.4 is 5.32 Å². The molecule has 0 saturated carbocycles. The Labute approximate surface area is 92.6 Å². The van der Waals surface area contributed by atoms with Crippen molar-refractivity contribution in [1.29, 1.82) is 0 Å². The van der Waals surface area contributed by atoms with E-state index in [1.807, 2.05) is 0 Å². The molecule has 0 aromatic heterocycles. The Balaban J connectivity index is 1.71. The molecule has 0 aromatic rings. The average Bonchev–Trinajstić information content (AvgIpc) is 2.68. The monoisotopic (exact) mass is 213 g/mol. The summed E-state index contributed by atoms with van der Waals surface area (Å²) in [6.07, 6.45) is 1.31. The first-order chi connectivity index (χ1) is 7.25. The van der Waals surface area contributed by atoms with E-state index in [1.165, 1.54) is 19.5 Å². The third kappa shape index (κ3) is 3.14. The van der Waals surface area contributed by atoms with Crippen LogP contribution in [0.3, 0.4) is 0 Å². The minimum atomic E-state index is 0.541. The summed E-state index contributed by atoms with van der Waals surface area (Å²) in [6.45, 7) is 6.35. The van der Waals surface area contributed by atoms with Gasteiger partial charge in [0.25, 0.3) is 0 Å². The van der Waals surface area contributed by atoms with E-state index in [-0.39, 0.29) is 0 Å². The standard InChI is InChI=1S/C11H23N3O/c1-13(2)11-3-5-14(8-11)7-10-9-15-6-4-12-10/h10-12H,3-9H2,1-2H3. The molecule has 2 aliphatic rings. The zero-order valence-electron chi connectivity index (χ0n) is 9.91. The first-order valence-corrected chi connectivity index (χ1v) is 5.95. The van der Waals surface area contributed by atoms with Gasteiger partial charge in [-0.3, -0.25) is 0 Å². The summed E-state index contributed by atoms with van der Waals surface area (Å²) in [6, 6.07) is 1.29. The molecule has 0 spiro atoms. The van der Waals surface area contributed by atoms with E-state index < -0.39 is 0 Å². The number of hydrogen-bond acceptors (Lipinski definition) is 4. The maximum Gasteiger partial charge on any atom is 0.0632 e. The van der Waals surface area contributed by atoms with Crippen LogP contribution in [0.1, 0.15) is 6.42 Å². The molecule has 0 aliphatic carbocycles. The van der Waals surface area contributed by atoms with Gasteiger partial charge in [-0.2, -0.15) is 0 Å². The van der Waals surface area contributed by atoms with Gasteiger partial charge in [0.05, 0.1) is 13.2 Å². The van der Waals surface area contributed by atoms with Gasteiger partial charge in [-0.25, -0.2) is 0 Å². The smallest absolute Gasteiger partial charge is 0.0632 e. The molecule has 0 radical (unpaired) electrons. The quantitative estimate of drug-likeness (QED) is 0.691. The van der Waals surface area contributed by atoms with Crippen LogP contribution in [0.2, 0.25) is 0 Å². The fraction of sp³-hybridized carbons (Fsp3) is 1.00. The molecule has 0 amide bonds. The Morgan fingerprint density at radius 3 is 2.93 bits per heavy atom. The van der Waals surface area contributed by atoms with Crippen LogP contribution in [0.4, 0.5) is 0 Å². The third-order valence-electron chi connectivity index (χ3n) is 3.45. The lowest BCUT2D eigenvalue weighted by Gasteiger charge is -2.28. The zero-order chi connectivity index (χ0) is 10.7. The van der Waals surface area contributed by atoms with E-state index in [2.05, 4.69) is 29.2 Å².